The molecule has 2 aliphatic heterocycles. The highest BCUT2D eigenvalue weighted by Gasteiger charge is 2.38. The zero-order valence-corrected chi connectivity index (χ0v) is 16.7. The molecular weight excluding hydrogens is 354 g/mol. The maximum absolute atomic E-state index is 13.1. The lowest BCUT2D eigenvalue weighted by Gasteiger charge is -2.47. The summed E-state index contributed by atoms with van der Waals surface area (Å²) in [6.45, 7) is 3.90. The minimum Gasteiger partial charge on any atom is -0.335 e. The van der Waals surface area contributed by atoms with Crippen LogP contribution in [0.2, 0.25) is 0 Å². The number of hydrogen-bond donors (Lipinski definition) is 0. The summed E-state index contributed by atoms with van der Waals surface area (Å²) in [4.78, 5) is 23.4. The molecule has 0 spiro atoms. The van der Waals surface area contributed by atoms with E-state index in [1.807, 2.05) is 24.4 Å². The fraction of sp³-hybridized carbons (Fsp3) is 0.455. The van der Waals surface area contributed by atoms with E-state index < -0.39 is 0 Å². The van der Waals surface area contributed by atoms with E-state index in [9.17, 15) is 4.79 Å². The molecule has 5 heteroatoms. The lowest BCUT2D eigenvalue weighted by atomic mass is 9.83. The van der Waals surface area contributed by atoms with Gasteiger partial charge < -0.3 is 4.90 Å². The molecule has 1 aromatic heterocycles. The Kier molecular flexibility index (Phi) is 5.79. The van der Waals surface area contributed by atoms with Crippen molar-refractivity contribution in [2.24, 2.45) is 5.92 Å². The molecule has 0 saturated carbocycles. The number of rotatable bonds is 4. The van der Waals surface area contributed by atoms with E-state index in [1.165, 1.54) is 11.3 Å². The van der Waals surface area contributed by atoms with E-state index in [2.05, 4.69) is 45.3 Å². The quantitative estimate of drug-likeness (QED) is 0.752. The second-order valence-corrected chi connectivity index (χ2v) is 8.42. The Bertz CT molecular complexity index is 765. The van der Waals surface area contributed by atoms with Gasteiger partial charge in [0.05, 0.1) is 5.69 Å². The lowest BCUT2D eigenvalue weighted by molar-refractivity contribution is 0.0181. The zero-order chi connectivity index (χ0) is 18.6. The first kappa shape index (κ1) is 18.5. The summed E-state index contributed by atoms with van der Waals surface area (Å²) in [5.74, 6) is 0.779. The molecule has 3 heterocycles. The van der Waals surface area contributed by atoms with Gasteiger partial charge in [-0.1, -0.05) is 6.07 Å². The predicted octanol–water partition coefficient (Wildman–Crippen LogP) is 3.93. The minimum absolute atomic E-state index is 0.204. The van der Waals surface area contributed by atoms with Gasteiger partial charge in [-0.25, -0.2) is 0 Å². The molecule has 2 aliphatic rings. The Hall–Kier alpha value is -1.85. The number of hydrogen-bond acceptors (Lipinski definition) is 4. The van der Waals surface area contributed by atoms with Crippen LogP contribution < -0.4 is 0 Å². The highest BCUT2D eigenvalue weighted by Crippen LogP contribution is 2.32. The van der Waals surface area contributed by atoms with Crippen molar-refractivity contribution in [3.05, 3.63) is 59.9 Å². The van der Waals surface area contributed by atoms with Crippen molar-refractivity contribution in [2.45, 2.75) is 36.7 Å². The number of thioether (sulfide) groups is 1. The number of benzene rings is 1. The third-order valence-corrected chi connectivity index (χ3v) is 6.61. The molecule has 2 fully saturated rings. The second kappa shape index (κ2) is 8.44. The monoisotopic (exact) mass is 381 g/mol. The molecule has 0 unspecified atom stereocenters. The summed E-state index contributed by atoms with van der Waals surface area (Å²) in [5.41, 5.74) is 1.96. The molecule has 2 atom stereocenters. The SMILES string of the molecule is CSc1ccc(C(=O)N2CCC[C@@H]3CN(Cc4ccccn4)CC[C@@H]32)cc1. The number of amides is 1. The number of nitrogens with zero attached hydrogens (tertiary/aromatic N) is 3. The molecule has 2 saturated heterocycles. The van der Waals surface area contributed by atoms with Crippen molar-refractivity contribution in [2.75, 3.05) is 25.9 Å². The van der Waals surface area contributed by atoms with Crippen LogP contribution in [0.3, 0.4) is 0 Å². The molecule has 2 aromatic rings. The van der Waals surface area contributed by atoms with Gasteiger partial charge in [0.25, 0.3) is 5.91 Å². The summed E-state index contributed by atoms with van der Waals surface area (Å²) in [6.07, 6.45) is 7.31. The van der Waals surface area contributed by atoms with Gasteiger partial charge in [0.15, 0.2) is 0 Å². The van der Waals surface area contributed by atoms with Crippen LogP contribution >= 0.6 is 11.8 Å². The maximum atomic E-state index is 13.1. The summed E-state index contributed by atoms with van der Waals surface area (Å²) >= 11 is 1.71. The predicted molar refractivity (Wildman–Crippen MR) is 110 cm³/mol. The highest BCUT2D eigenvalue weighted by molar-refractivity contribution is 7.98. The third-order valence-electron chi connectivity index (χ3n) is 5.86. The van der Waals surface area contributed by atoms with Gasteiger partial charge >= 0.3 is 0 Å². The van der Waals surface area contributed by atoms with E-state index in [-0.39, 0.29) is 5.91 Å². The highest BCUT2D eigenvalue weighted by atomic mass is 32.2. The number of likely N-dealkylation sites (tertiary alicyclic amines) is 2. The molecule has 0 radical (unpaired) electrons. The Labute approximate surface area is 166 Å². The molecular formula is C22H27N3OS. The maximum Gasteiger partial charge on any atom is 0.254 e. The lowest BCUT2D eigenvalue weighted by Crippen LogP contribution is -2.55. The topological polar surface area (TPSA) is 36.4 Å². The number of carbonyl (C=O) groups is 1. The normalized spacial score (nSPS) is 23.1. The molecule has 27 heavy (non-hydrogen) atoms. The first-order valence-corrected chi connectivity index (χ1v) is 11.0. The van der Waals surface area contributed by atoms with Crippen molar-refractivity contribution >= 4 is 17.7 Å². The third kappa shape index (κ3) is 4.19. The van der Waals surface area contributed by atoms with Crippen molar-refractivity contribution < 1.29 is 4.79 Å². The van der Waals surface area contributed by atoms with E-state index in [0.717, 1.165) is 50.3 Å². The smallest absolute Gasteiger partial charge is 0.254 e. The molecule has 0 bridgehead atoms. The van der Waals surface area contributed by atoms with Crippen molar-refractivity contribution in [3.63, 3.8) is 0 Å². The Balaban J connectivity index is 1.42. The largest absolute Gasteiger partial charge is 0.335 e. The summed E-state index contributed by atoms with van der Waals surface area (Å²) in [5, 5.41) is 0. The van der Waals surface area contributed by atoms with Crippen LogP contribution in [0.25, 0.3) is 0 Å². The minimum atomic E-state index is 0.204. The van der Waals surface area contributed by atoms with E-state index in [0.29, 0.717) is 12.0 Å². The van der Waals surface area contributed by atoms with Gasteiger partial charge in [-0.15, -0.1) is 11.8 Å². The molecule has 1 aromatic carbocycles. The summed E-state index contributed by atoms with van der Waals surface area (Å²) in [6, 6.07) is 14.6. The van der Waals surface area contributed by atoms with Crippen molar-refractivity contribution in [3.8, 4) is 0 Å². The number of fused-ring (bicyclic) bond motifs is 1. The average molecular weight is 382 g/mol. The molecule has 0 N–H and O–H groups in total. The van der Waals surface area contributed by atoms with Crippen LogP contribution in [0.15, 0.2) is 53.6 Å². The van der Waals surface area contributed by atoms with Crippen LogP contribution in [0.4, 0.5) is 0 Å². The van der Waals surface area contributed by atoms with Crippen LogP contribution in [0.1, 0.15) is 35.3 Å². The summed E-state index contributed by atoms with van der Waals surface area (Å²) < 4.78 is 0. The standard InChI is InChI=1S/C22H27N3OS/c1-27-20-9-7-17(8-10-20)22(26)25-13-4-5-18-15-24(14-11-21(18)25)16-19-6-2-3-12-23-19/h2-3,6-10,12,18,21H,4-5,11,13-16H2,1H3/t18-,21+/m1/s1. The average Bonchev–Trinajstić information content (AvgIpc) is 2.73. The van der Waals surface area contributed by atoms with Gasteiger partial charge in [-0.3, -0.25) is 14.7 Å². The van der Waals surface area contributed by atoms with Crippen molar-refractivity contribution in [1.82, 2.24) is 14.8 Å². The van der Waals surface area contributed by atoms with E-state index in [1.54, 1.807) is 11.8 Å². The fourth-order valence-corrected chi connectivity index (χ4v) is 4.90. The van der Waals surface area contributed by atoms with Crippen LogP contribution in [0.5, 0.6) is 0 Å². The summed E-state index contributed by atoms with van der Waals surface area (Å²) in [7, 11) is 0. The van der Waals surface area contributed by atoms with Gasteiger partial charge in [0, 0.05) is 48.9 Å². The number of pyridine rings is 1. The van der Waals surface area contributed by atoms with Gasteiger partial charge in [-0.2, -0.15) is 0 Å². The van der Waals surface area contributed by atoms with E-state index in [4.69, 9.17) is 0 Å². The zero-order valence-electron chi connectivity index (χ0n) is 15.9. The van der Waals surface area contributed by atoms with Gasteiger partial charge in [0.1, 0.15) is 0 Å². The number of aromatic nitrogens is 1. The molecule has 4 nitrogen and oxygen atoms in total. The number of carbonyl (C=O) groups excluding carboxylic acids is 1. The first-order chi connectivity index (χ1) is 13.2. The van der Waals surface area contributed by atoms with Crippen molar-refractivity contribution in [1.29, 1.82) is 0 Å². The molecule has 142 valence electrons. The molecule has 0 aliphatic carbocycles. The molecule has 4 rings (SSSR count). The van der Waals surface area contributed by atoms with Gasteiger partial charge in [-0.05, 0) is 67.8 Å². The molecule has 1 amide bonds. The van der Waals surface area contributed by atoms with E-state index >= 15 is 0 Å². The fourth-order valence-electron chi connectivity index (χ4n) is 4.49. The van der Waals surface area contributed by atoms with Crippen LogP contribution in [0, 0.1) is 5.92 Å². The Morgan fingerprint density at radius 3 is 2.74 bits per heavy atom. The number of piperidine rings is 2. The Morgan fingerprint density at radius 1 is 1.15 bits per heavy atom. The second-order valence-electron chi connectivity index (χ2n) is 7.54. The Morgan fingerprint density at radius 2 is 2.00 bits per heavy atom. The van der Waals surface area contributed by atoms with Crippen LogP contribution in [-0.4, -0.2) is 52.6 Å². The van der Waals surface area contributed by atoms with Crippen LogP contribution in [-0.2, 0) is 6.54 Å². The van der Waals surface area contributed by atoms with Gasteiger partial charge in [0.2, 0.25) is 0 Å². The first-order valence-electron chi connectivity index (χ1n) is 9.82.